The number of likely N-dealkylation sites (N-methyl/N-ethyl adjacent to an activating group) is 1. The molecule has 0 rings (SSSR count). The van der Waals surface area contributed by atoms with E-state index in [1.807, 2.05) is 13.3 Å². The predicted octanol–water partition coefficient (Wildman–Crippen LogP) is 1.27. The van der Waals surface area contributed by atoms with Crippen LogP contribution in [0.3, 0.4) is 0 Å². The quantitative estimate of drug-likeness (QED) is 0.258. The first-order chi connectivity index (χ1) is 14.1. The molecule has 2 unspecified atom stereocenters. The van der Waals surface area contributed by atoms with Crippen LogP contribution >= 0.6 is 0 Å². The van der Waals surface area contributed by atoms with E-state index in [-0.39, 0.29) is 102 Å². The fourth-order valence-corrected chi connectivity index (χ4v) is 2.64. The molecule has 0 bridgehead atoms. The zero-order valence-corrected chi connectivity index (χ0v) is 26.0. The van der Waals surface area contributed by atoms with E-state index in [4.69, 9.17) is 4.79 Å². The molecule has 0 aliphatic heterocycles. The number of ketones is 2. The maximum absolute atomic E-state index is 10.9. The molecule has 0 aromatic heterocycles. The largest absolute Gasteiger partial charge is 0.542 e. The topological polar surface area (TPSA) is 109 Å². The van der Waals surface area contributed by atoms with Gasteiger partial charge < -0.3 is 38.6 Å². The van der Waals surface area contributed by atoms with E-state index >= 15 is 0 Å². The number of rotatable bonds is 15. The third-order valence-electron chi connectivity index (χ3n) is 3.91. The Morgan fingerprint density at radius 2 is 1.09 bits per heavy atom. The van der Waals surface area contributed by atoms with Crippen molar-refractivity contribution < 1.29 is 94.2 Å². The number of Topliss-reactive ketones (excluding diaryl/α,β-unsaturated/α-hetero) is 2. The maximum Gasteiger partial charge on any atom is 0.130 e. The van der Waals surface area contributed by atoms with Crippen molar-refractivity contribution in [3.05, 3.63) is 0 Å². The maximum atomic E-state index is 10.9. The summed E-state index contributed by atoms with van der Waals surface area (Å²) in [5.41, 5.74) is 0. The van der Waals surface area contributed by atoms with Crippen molar-refractivity contribution in [1.82, 2.24) is 9.80 Å². The van der Waals surface area contributed by atoms with Crippen LogP contribution in [-0.2, 0) is 94.2 Å². The number of carbonyl (C=O) groups excluding carboxylic acids is 6. The second kappa shape index (κ2) is 31.1. The van der Waals surface area contributed by atoms with E-state index in [1.165, 1.54) is 20.1 Å². The van der Waals surface area contributed by atoms with Crippen LogP contribution in [0.4, 0.5) is 0 Å². The Balaban J connectivity index is -0.000000128. The molecule has 0 spiro atoms. The molecule has 2 radical (unpaired) electrons. The van der Waals surface area contributed by atoms with Crippen LogP contribution in [0.15, 0.2) is 0 Å². The second-order valence-corrected chi connectivity index (χ2v) is 7.14. The molecular formula is C22H36N2O6Y2-4. The van der Waals surface area contributed by atoms with Crippen LogP contribution in [0.1, 0.15) is 53.4 Å². The number of nitrogens with zero attached hydrogens (tertiary/aromatic N) is 2. The van der Waals surface area contributed by atoms with Gasteiger partial charge in [0.1, 0.15) is 11.6 Å². The minimum Gasteiger partial charge on any atom is -0.542 e. The molecule has 180 valence electrons. The summed E-state index contributed by atoms with van der Waals surface area (Å²) in [5.74, 6) is 0.293. The molecule has 0 saturated heterocycles. The van der Waals surface area contributed by atoms with Crippen molar-refractivity contribution in [2.24, 2.45) is 11.8 Å². The van der Waals surface area contributed by atoms with Crippen molar-refractivity contribution in [3.63, 3.8) is 0 Å². The van der Waals surface area contributed by atoms with Crippen molar-refractivity contribution in [2.45, 2.75) is 53.4 Å². The minimum absolute atomic E-state index is 0. The zero-order valence-electron chi connectivity index (χ0n) is 20.3. The van der Waals surface area contributed by atoms with Gasteiger partial charge in [-0.05, 0) is 59.4 Å². The van der Waals surface area contributed by atoms with Gasteiger partial charge in [0.05, 0.1) is 0 Å². The molecule has 0 N–H and O–H groups in total. The molecule has 0 aliphatic carbocycles. The average Bonchev–Trinajstić information content (AvgIpc) is 2.62. The van der Waals surface area contributed by atoms with Crippen LogP contribution in [0.25, 0.3) is 0 Å². The van der Waals surface area contributed by atoms with Crippen LogP contribution in [0, 0.1) is 11.8 Å². The standard InChI is InChI=1S/C10H15NO3.C10H18NO2.C2H3O.2Y/c1-9(14)7-10(3-5-12)8-11(2)4-6-13;1-4-11(3)8-10(5-6-12)7-9(2)13;1-2-3;;/h10H,3-4,7-8H2,1-2H3;10H,4-5,7-8H2,1-3H3;1H3;;/q-2;2*-1;;. The summed E-state index contributed by atoms with van der Waals surface area (Å²) in [5, 5.41) is 0. The fourth-order valence-electron chi connectivity index (χ4n) is 2.64. The van der Waals surface area contributed by atoms with Crippen LogP contribution in [0.2, 0.25) is 0 Å². The molecular weight excluding hydrogens is 566 g/mol. The van der Waals surface area contributed by atoms with Gasteiger partial charge in [0, 0.05) is 78.3 Å². The average molecular weight is 602 g/mol. The molecule has 0 aliphatic rings. The molecule has 0 saturated carbocycles. The molecule has 10 heteroatoms. The van der Waals surface area contributed by atoms with Gasteiger partial charge in [0.15, 0.2) is 0 Å². The Hall–Kier alpha value is 0.148. The van der Waals surface area contributed by atoms with Gasteiger partial charge in [-0.25, -0.2) is 6.29 Å². The Bertz CT molecular complexity index is 507. The van der Waals surface area contributed by atoms with Crippen LogP contribution in [-0.4, -0.2) is 86.8 Å². The van der Waals surface area contributed by atoms with Crippen molar-refractivity contribution >= 4 is 36.7 Å². The molecule has 0 amide bonds. The van der Waals surface area contributed by atoms with E-state index in [1.54, 1.807) is 31.4 Å². The molecule has 32 heavy (non-hydrogen) atoms. The van der Waals surface area contributed by atoms with Gasteiger partial charge in [-0.1, -0.05) is 13.5 Å². The fraction of sp³-hybridized carbons (Fsp3) is 0.727. The number of hydrogen-bond donors (Lipinski definition) is 0. The molecule has 0 aromatic carbocycles. The second-order valence-electron chi connectivity index (χ2n) is 7.14. The first-order valence-electron chi connectivity index (χ1n) is 9.81. The number of hydrogen-bond acceptors (Lipinski definition) is 8. The number of carbonyl (C=O) groups is 2. The third kappa shape index (κ3) is 34.8. The SMILES string of the molecule is CC(=O)CC(C[C-]=O)CN(C)C[C-]=O.CCN(C)CC(C[C-]=O)CC(C)=O.C[C-]=O.[Y].[Y]. The smallest absolute Gasteiger partial charge is 0.130 e. The Morgan fingerprint density at radius 1 is 0.750 bits per heavy atom. The third-order valence-corrected chi connectivity index (χ3v) is 3.91. The Kier molecular flexibility index (Phi) is 41.2. The zero-order chi connectivity index (χ0) is 23.9. The van der Waals surface area contributed by atoms with Gasteiger partial charge in [-0.2, -0.15) is 6.92 Å². The summed E-state index contributed by atoms with van der Waals surface area (Å²) < 4.78 is 0. The Labute approximate surface area is 244 Å². The van der Waals surface area contributed by atoms with Crippen molar-refractivity contribution in [1.29, 1.82) is 0 Å². The van der Waals surface area contributed by atoms with Crippen molar-refractivity contribution in [3.8, 4) is 0 Å². The van der Waals surface area contributed by atoms with Gasteiger partial charge >= 0.3 is 0 Å². The summed E-state index contributed by atoms with van der Waals surface area (Å²) in [7, 11) is 3.74. The van der Waals surface area contributed by atoms with E-state index in [2.05, 4.69) is 11.8 Å². The predicted molar refractivity (Wildman–Crippen MR) is 116 cm³/mol. The first-order valence-corrected chi connectivity index (χ1v) is 9.81. The summed E-state index contributed by atoms with van der Waals surface area (Å²) in [6.07, 6.45) is 8.38. The molecule has 0 heterocycles. The van der Waals surface area contributed by atoms with Gasteiger partial charge in [-0.3, -0.25) is 18.9 Å². The monoisotopic (exact) mass is 602 g/mol. The minimum atomic E-state index is -0.0386. The first kappa shape index (κ1) is 42.3. The molecule has 8 nitrogen and oxygen atoms in total. The van der Waals surface area contributed by atoms with Crippen LogP contribution in [0.5, 0.6) is 0 Å². The molecule has 2 atom stereocenters. The summed E-state index contributed by atoms with van der Waals surface area (Å²) >= 11 is 0. The van der Waals surface area contributed by atoms with Gasteiger partial charge in [0.25, 0.3) is 0 Å². The molecule has 0 aromatic rings. The Morgan fingerprint density at radius 3 is 1.34 bits per heavy atom. The summed E-state index contributed by atoms with van der Waals surface area (Å²) in [6, 6.07) is 0. The van der Waals surface area contributed by atoms with E-state index < -0.39 is 0 Å². The van der Waals surface area contributed by atoms with E-state index in [0.717, 1.165) is 13.1 Å². The normalized spacial score (nSPS) is 11.1. The van der Waals surface area contributed by atoms with E-state index in [0.29, 0.717) is 25.8 Å². The summed E-state index contributed by atoms with van der Waals surface area (Å²) in [4.78, 5) is 64.7. The van der Waals surface area contributed by atoms with Gasteiger partial charge in [-0.15, -0.1) is 12.8 Å². The van der Waals surface area contributed by atoms with E-state index in [9.17, 15) is 24.0 Å². The molecule has 0 fully saturated rings. The van der Waals surface area contributed by atoms with Gasteiger partial charge in [0.2, 0.25) is 0 Å². The van der Waals surface area contributed by atoms with Crippen LogP contribution < -0.4 is 0 Å². The van der Waals surface area contributed by atoms with Crippen molar-refractivity contribution in [2.75, 3.05) is 40.3 Å². The summed E-state index contributed by atoms with van der Waals surface area (Å²) in [6.45, 7) is 8.90.